The highest BCUT2D eigenvalue weighted by atomic mass is 32.1. The van der Waals surface area contributed by atoms with Crippen LogP contribution in [-0.2, 0) is 4.74 Å². The van der Waals surface area contributed by atoms with E-state index in [-0.39, 0.29) is 10.5 Å². The molecule has 64 valence electrons. The molecular formula is C6H7N3O2S. The highest BCUT2D eigenvalue weighted by molar-refractivity contribution is 7.71. The molecule has 0 spiro atoms. The van der Waals surface area contributed by atoms with Crippen molar-refractivity contribution in [1.29, 1.82) is 0 Å². The minimum absolute atomic E-state index is 0.130. The number of nitrogens with one attached hydrogen (secondary N) is 1. The molecule has 0 atom stereocenters. The van der Waals surface area contributed by atoms with Crippen LogP contribution in [0.25, 0.3) is 0 Å². The van der Waals surface area contributed by atoms with Gasteiger partial charge < -0.3 is 4.74 Å². The lowest BCUT2D eigenvalue weighted by molar-refractivity contribution is 0.0517. The second-order valence-corrected chi connectivity index (χ2v) is 2.28. The van der Waals surface area contributed by atoms with Gasteiger partial charge in [-0.25, -0.2) is 9.78 Å². The number of nitrogens with zero attached hydrogens (tertiary/aromatic N) is 2. The predicted molar refractivity (Wildman–Crippen MR) is 43.2 cm³/mol. The van der Waals surface area contributed by atoms with E-state index in [1.165, 1.54) is 6.20 Å². The number of carbonyl (C=O) groups excluding carboxylic acids is 1. The zero-order valence-electron chi connectivity index (χ0n) is 6.40. The maximum absolute atomic E-state index is 11.0. The first-order valence-electron chi connectivity index (χ1n) is 3.33. The van der Waals surface area contributed by atoms with Crippen LogP contribution in [0, 0.1) is 4.77 Å². The standard InChI is InChI=1S/C6H7N3O2S/c1-2-11-5(10)4-3-7-6(12)9-8-4/h3H,2H2,1H3,(H,7,9,12). The molecule has 5 nitrogen and oxygen atoms in total. The lowest BCUT2D eigenvalue weighted by atomic mass is 10.5. The Kier molecular flexibility index (Phi) is 2.87. The fraction of sp³-hybridized carbons (Fsp3) is 0.333. The van der Waals surface area contributed by atoms with E-state index in [4.69, 9.17) is 0 Å². The van der Waals surface area contributed by atoms with Crippen LogP contribution in [0.5, 0.6) is 0 Å². The molecule has 1 N–H and O–H groups in total. The van der Waals surface area contributed by atoms with Crippen molar-refractivity contribution >= 4 is 18.2 Å². The minimum Gasteiger partial charge on any atom is -0.461 e. The Balaban J connectivity index is 2.82. The average Bonchev–Trinajstić information content (AvgIpc) is 2.06. The molecule has 1 aromatic heterocycles. The largest absolute Gasteiger partial charge is 0.461 e. The molecule has 1 rings (SSSR count). The third kappa shape index (κ3) is 2.09. The summed E-state index contributed by atoms with van der Waals surface area (Å²) in [5.74, 6) is -0.503. The van der Waals surface area contributed by atoms with Gasteiger partial charge in [-0.2, -0.15) is 5.10 Å². The summed E-state index contributed by atoms with van der Waals surface area (Å²) >= 11 is 4.64. The van der Waals surface area contributed by atoms with Crippen LogP contribution in [0.4, 0.5) is 0 Å². The van der Waals surface area contributed by atoms with Crippen LogP contribution >= 0.6 is 12.2 Å². The first-order chi connectivity index (χ1) is 5.74. The summed E-state index contributed by atoms with van der Waals surface area (Å²) in [4.78, 5) is 14.7. The zero-order chi connectivity index (χ0) is 8.97. The first-order valence-corrected chi connectivity index (χ1v) is 3.73. The molecule has 0 aliphatic rings. The fourth-order valence-electron chi connectivity index (χ4n) is 0.589. The van der Waals surface area contributed by atoms with E-state index in [1.807, 2.05) is 0 Å². The van der Waals surface area contributed by atoms with Crippen LogP contribution in [0.2, 0.25) is 0 Å². The van der Waals surface area contributed by atoms with Crippen LogP contribution in [0.15, 0.2) is 6.20 Å². The van der Waals surface area contributed by atoms with Crippen molar-refractivity contribution in [2.45, 2.75) is 6.92 Å². The van der Waals surface area contributed by atoms with Crippen molar-refractivity contribution in [2.75, 3.05) is 6.61 Å². The maximum Gasteiger partial charge on any atom is 0.360 e. The molecule has 0 aliphatic carbocycles. The Labute approximate surface area is 73.8 Å². The van der Waals surface area contributed by atoms with Gasteiger partial charge in [-0.05, 0) is 19.1 Å². The third-order valence-corrected chi connectivity index (χ3v) is 1.26. The number of aromatic nitrogens is 3. The highest BCUT2D eigenvalue weighted by Crippen LogP contribution is 1.92. The van der Waals surface area contributed by atoms with Crippen molar-refractivity contribution in [1.82, 2.24) is 15.2 Å². The fourth-order valence-corrected chi connectivity index (χ4v) is 0.687. The summed E-state index contributed by atoms with van der Waals surface area (Å²) < 4.78 is 4.91. The van der Waals surface area contributed by atoms with Gasteiger partial charge in [0.25, 0.3) is 0 Å². The van der Waals surface area contributed by atoms with Crippen LogP contribution in [0.3, 0.4) is 0 Å². The number of rotatable bonds is 2. The lowest BCUT2D eigenvalue weighted by Crippen LogP contribution is -2.08. The molecule has 0 saturated heterocycles. The van der Waals surface area contributed by atoms with Crippen LogP contribution in [0.1, 0.15) is 17.4 Å². The number of esters is 1. The molecular weight excluding hydrogens is 178 g/mol. The normalized spacial score (nSPS) is 9.42. The molecule has 0 fully saturated rings. The van der Waals surface area contributed by atoms with Crippen molar-refractivity contribution in [3.05, 3.63) is 16.7 Å². The lowest BCUT2D eigenvalue weighted by Gasteiger charge is -1.97. The summed E-state index contributed by atoms with van der Waals surface area (Å²) in [5, 5.41) is 6.02. The van der Waals surface area contributed by atoms with Gasteiger partial charge >= 0.3 is 5.97 Å². The van der Waals surface area contributed by atoms with Gasteiger partial charge in [-0.1, -0.05) is 0 Å². The summed E-state index contributed by atoms with van der Waals surface area (Å²) in [5.41, 5.74) is 0.130. The molecule has 6 heteroatoms. The Morgan fingerprint density at radius 3 is 3.08 bits per heavy atom. The zero-order valence-corrected chi connectivity index (χ0v) is 7.22. The van der Waals surface area contributed by atoms with Crippen LogP contribution in [-0.4, -0.2) is 27.8 Å². The molecule has 12 heavy (non-hydrogen) atoms. The number of H-pyrrole nitrogens is 1. The molecule has 0 amide bonds. The van der Waals surface area contributed by atoms with Gasteiger partial charge in [-0.3, -0.25) is 5.10 Å². The second-order valence-electron chi connectivity index (χ2n) is 1.89. The van der Waals surface area contributed by atoms with Gasteiger partial charge in [-0.15, -0.1) is 0 Å². The van der Waals surface area contributed by atoms with Crippen molar-refractivity contribution in [3.63, 3.8) is 0 Å². The molecule has 1 aromatic rings. The summed E-state index contributed by atoms with van der Waals surface area (Å²) in [7, 11) is 0. The first kappa shape index (κ1) is 8.79. The van der Waals surface area contributed by atoms with E-state index in [9.17, 15) is 4.79 Å². The topological polar surface area (TPSA) is 67.9 Å². The SMILES string of the molecule is CCOC(=O)c1cnc(=S)[nH]n1. The van der Waals surface area contributed by atoms with Crippen LogP contribution < -0.4 is 0 Å². The molecule has 0 saturated carbocycles. The monoisotopic (exact) mass is 185 g/mol. The van der Waals surface area contributed by atoms with E-state index in [2.05, 4.69) is 32.1 Å². The molecule has 0 aliphatic heterocycles. The van der Waals surface area contributed by atoms with E-state index in [0.29, 0.717) is 6.61 Å². The molecule has 0 bridgehead atoms. The van der Waals surface area contributed by atoms with Gasteiger partial charge in [0.1, 0.15) is 0 Å². The molecule has 0 unspecified atom stereocenters. The number of aromatic amines is 1. The smallest absolute Gasteiger partial charge is 0.360 e. The summed E-state index contributed by atoms with van der Waals surface area (Å²) in [6, 6.07) is 0. The summed E-state index contributed by atoms with van der Waals surface area (Å²) in [6.07, 6.45) is 1.27. The highest BCUT2D eigenvalue weighted by Gasteiger charge is 2.06. The number of ether oxygens (including phenoxy) is 1. The third-order valence-electron chi connectivity index (χ3n) is 1.06. The van der Waals surface area contributed by atoms with Crippen molar-refractivity contribution in [2.24, 2.45) is 0 Å². The molecule has 0 aromatic carbocycles. The summed E-state index contributed by atoms with van der Waals surface area (Å²) in [6.45, 7) is 2.03. The van der Waals surface area contributed by atoms with E-state index in [0.717, 1.165) is 0 Å². The maximum atomic E-state index is 11.0. The van der Waals surface area contributed by atoms with E-state index in [1.54, 1.807) is 6.92 Å². The Bertz CT molecular complexity index is 315. The average molecular weight is 185 g/mol. The van der Waals surface area contributed by atoms with Gasteiger partial charge in [0.05, 0.1) is 12.8 Å². The molecule has 0 radical (unpaired) electrons. The van der Waals surface area contributed by atoms with Crippen molar-refractivity contribution in [3.8, 4) is 0 Å². The Morgan fingerprint density at radius 1 is 1.83 bits per heavy atom. The number of hydrogen-bond acceptors (Lipinski definition) is 5. The number of hydrogen-bond donors (Lipinski definition) is 1. The van der Waals surface area contributed by atoms with Gasteiger partial charge in [0.15, 0.2) is 5.69 Å². The second kappa shape index (κ2) is 3.91. The number of carbonyl (C=O) groups is 1. The van der Waals surface area contributed by atoms with Gasteiger partial charge in [0.2, 0.25) is 4.77 Å². The van der Waals surface area contributed by atoms with Gasteiger partial charge in [0, 0.05) is 0 Å². The van der Waals surface area contributed by atoms with Crippen molar-refractivity contribution < 1.29 is 9.53 Å². The molecule has 1 heterocycles. The Morgan fingerprint density at radius 2 is 2.58 bits per heavy atom. The minimum atomic E-state index is -0.503. The Hall–Kier alpha value is -1.30. The van der Waals surface area contributed by atoms with E-state index >= 15 is 0 Å². The predicted octanol–water partition coefficient (Wildman–Crippen LogP) is 0.711. The quantitative estimate of drug-likeness (QED) is 0.543. The van der Waals surface area contributed by atoms with E-state index < -0.39 is 5.97 Å².